The summed E-state index contributed by atoms with van der Waals surface area (Å²) < 4.78 is 5.16. The van der Waals surface area contributed by atoms with Gasteiger partial charge >= 0.3 is 5.97 Å². The number of ether oxygens (including phenoxy) is 1. The Morgan fingerprint density at radius 3 is 2.50 bits per heavy atom. The summed E-state index contributed by atoms with van der Waals surface area (Å²) in [5.74, 6) is -0.816. The van der Waals surface area contributed by atoms with E-state index in [9.17, 15) is 9.59 Å². The molecule has 1 aromatic carbocycles. The van der Waals surface area contributed by atoms with Crippen LogP contribution in [0.3, 0.4) is 0 Å². The van der Waals surface area contributed by atoms with Gasteiger partial charge in [-0.3, -0.25) is 4.79 Å². The van der Waals surface area contributed by atoms with Crippen molar-refractivity contribution in [2.24, 2.45) is 0 Å². The Morgan fingerprint density at radius 2 is 1.91 bits per heavy atom. The van der Waals surface area contributed by atoms with Crippen molar-refractivity contribution >= 4 is 34.8 Å². The summed E-state index contributed by atoms with van der Waals surface area (Å²) in [5.41, 5.74) is 0.921. The average Bonchev–Trinajstić information content (AvgIpc) is 2.93. The van der Waals surface area contributed by atoms with E-state index in [0.29, 0.717) is 16.4 Å². The molecule has 6 heteroatoms. The molecule has 116 valence electrons. The molecule has 1 unspecified atom stereocenters. The number of hydrogen-bond donors (Lipinski definition) is 1. The van der Waals surface area contributed by atoms with E-state index in [4.69, 9.17) is 16.3 Å². The summed E-state index contributed by atoms with van der Waals surface area (Å²) in [6, 6.07) is 10.7. The maximum atomic E-state index is 11.9. The van der Waals surface area contributed by atoms with E-state index >= 15 is 0 Å². The highest BCUT2D eigenvalue weighted by molar-refractivity contribution is 7.13. The number of esters is 1. The number of amides is 1. The van der Waals surface area contributed by atoms with Gasteiger partial charge in [-0.2, -0.15) is 0 Å². The molecule has 2 rings (SSSR count). The van der Waals surface area contributed by atoms with Gasteiger partial charge in [0.05, 0.1) is 0 Å². The minimum atomic E-state index is -0.845. The Balaban J connectivity index is 1.84. The first-order chi connectivity index (χ1) is 10.5. The van der Waals surface area contributed by atoms with E-state index in [1.165, 1.54) is 11.3 Å². The number of nitrogens with one attached hydrogen (secondary N) is 1. The topological polar surface area (TPSA) is 55.4 Å². The second kappa shape index (κ2) is 7.42. The van der Waals surface area contributed by atoms with Gasteiger partial charge in [0.2, 0.25) is 0 Å². The zero-order chi connectivity index (χ0) is 16.1. The van der Waals surface area contributed by atoms with Crippen molar-refractivity contribution in [1.82, 2.24) is 5.32 Å². The maximum Gasteiger partial charge on any atom is 0.349 e. The molecule has 1 atom stereocenters. The first-order valence-corrected chi connectivity index (χ1v) is 7.94. The Morgan fingerprint density at radius 1 is 1.23 bits per heavy atom. The van der Waals surface area contributed by atoms with Gasteiger partial charge in [-0.1, -0.05) is 23.7 Å². The van der Waals surface area contributed by atoms with E-state index in [0.717, 1.165) is 10.4 Å². The van der Waals surface area contributed by atoms with Crippen LogP contribution in [-0.4, -0.2) is 18.0 Å². The van der Waals surface area contributed by atoms with Crippen molar-refractivity contribution in [3.05, 3.63) is 56.7 Å². The highest BCUT2D eigenvalue weighted by atomic mass is 35.5. The molecule has 0 aliphatic carbocycles. The fourth-order valence-corrected chi connectivity index (χ4v) is 2.63. The summed E-state index contributed by atoms with van der Waals surface area (Å²) in [6.45, 7) is 3.81. The Labute approximate surface area is 138 Å². The molecule has 0 aliphatic heterocycles. The zero-order valence-electron chi connectivity index (χ0n) is 12.3. The fourth-order valence-electron chi connectivity index (χ4n) is 1.75. The first kappa shape index (κ1) is 16.5. The van der Waals surface area contributed by atoms with Gasteiger partial charge in [-0.05, 0) is 43.7 Å². The normalized spacial score (nSPS) is 11.8. The summed E-state index contributed by atoms with van der Waals surface area (Å²) >= 11 is 7.14. The third kappa shape index (κ3) is 4.58. The van der Waals surface area contributed by atoms with Crippen LogP contribution < -0.4 is 5.32 Å². The lowest BCUT2D eigenvalue weighted by Gasteiger charge is -2.13. The monoisotopic (exact) mass is 337 g/mol. The van der Waals surface area contributed by atoms with Gasteiger partial charge in [0.25, 0.3) is 5.91 Å². The van der Waals surface area contributed by atoms with E-state index in [1.807, 2.05) is 25.1 Å². The molecular formula is C16H16ClNO3S. The molecule has 0 aliphatic rings. The SMILES string of the molecule is Cc1ccc(C(=O)OC(C)C(=O)NCc2ccc(Cl)cc2)s1. The number of hydrogen-bond acceptors (Lipinski definition) is 4. The molecule has 0 fully saturated rings. The van der Waals surface area contributed by atoms with Crippen LogP contribution >= 0.6 is 22.9 Å². The van der Waals surface area contributed by atoms with Crippen LogP contribution in [-0.2, 0) is 16.1 Å². The van der Waals surface area contributed by atoms with Gasteiger partial charge in [0.15, 0.2) is 6.10 Å². The standard InChI is InChI=1S/C16H16ClNO3S/c1-10-3-8-14(22-10)16(20)21-11(2)15(19)18-9-12-4-6-13(17)7-5-12/h3-8,11H,9H2,1-2H3,(H,18,19). The molecule has 4 nitrogen and oxygen atoms in total. The Hall–Kier alpha value is -1.85. The van der Waals surface area contributed by atoms with Gasteiger partial charge in [0.1, 0.15) is 4.88 Å². The molecular weight excluding hydrogens is 322 g/mol. The Kier molecular flexibility index (Phi) is 5.57. The predicted molar refractivity (Wildman–Crippen MR) is 87.2 cm³/mol. The molecule has 0 bridgehead atoms. The van der Waals surface area contributed by atoms with Crippen molar-refractivity contribution in [2.75, 3.05) is 0 Å². The van der Waals surface area contributed by atoms with Crippen molar-refractivity contribution in [1.29, 1.82) is 0 Å². The number of carbonyl (C=O) groups is 2. The van der Waals surface area contributed by atoms with Crippen LogP contribution in [0.4, 0.5) is 0 Å². The molecule has 0 radical (unpaired) electrons. The molecule has 0 spiro atoms. The van der Waals surface area contributed by atoms with Crippen LogP contribution in [0.15, 0.2) is 36.4 Å². The maximum absolute atomic E-state index is 11.9. The lowest BCUT2D eigenvalue weighted by atomic mass is 10.2. The van der Waals surface area contributed by atoms with Crippen molar-refractivity contribution in [3.63, 3.8) is 0 Å². The lowest BCUT2D eigenvalue weighted by molar-refractivity contribution is -0.129. The average molecular weight is 338 g/mol. The predicted octanol–water partition coefficient (Wildman–Crippen LogP) is 3.57. The number of benzene rings is 1. The van der Waals surface area contributed by atoms with Gasteiger partial charge < -0.3 is 10.1 Å². The third-order valence-electron chi connectivity index (χ3n) is 2.97. The number of halogens is 1. The molecule has 2 aromatic rings. The van der Waals surface area contributed by atoms with Crippen LogP contribution in [0.25, 0.3) is 0 Å². The minimum absolute atomic E-state index is 0.337. The minimum Gasteiger partial charge on any atom is -0.448 e. The van der Waals surface area contributed by atoms with E-state index < -0.39 is 12.1 Å². The van der Waals surface area contributed by atoms with E-state index in [1.54, 1.807) is 25.1 Å². The third-order valence-corrected chi connectivity index (χ3v) is 4.21. The molecule has 1 aromatic heterocycles. The van der Waals surface area contributed by atoms with Crippen LogP contribution in [0, 0.1) is 6.92 Å². The number of rotatable bonds is 5. The van der Waals surface area contributed by atoms with Crippen molar-refractivity contribution < 1.29 is 14.3 Å². The molecule has 22 heavy (non-hydrogen) atoms. The second-order valence-corrected chi connectivity index (χ2v) is 6.53. The smallest absolute Gasteiger partial charge is 0.349 e. The van der Waals surface area contributed by atoms with E-state index in [-0.39, 0.29) is 5.91 Å². The summed E-state index contributed by atoms with van der Waals surface area (Å²) in [4.78, 5) is 25.3. The molecule has 1 N–H and O–H groups in total. The van der Waals surface area contributed by atoms with Crippen LogP contribution in [0.2, 0.25) is 5.02 Å². The number of thiophene rings is 1. The number of aryl methyl sites for hydroxylation is 1. The van der Waals surface area contributed by atoms with Crippen LogP contribution in [0.5, 0.6) is 0 Å². The number of carbonyl (C=O) groups excluding carboxylic acids is 2. The zero-order valence-corrected chi connectivity index (χ0v) is 13.8. The van der Waals surface area contributed by atoms with Gasteiger partial charge in [0, 0.05) is 16.4 Å². The van der Waals surface area contributed by atoms with E-state index in [2.05, 4.69) is 5.32 Å². The summed E-state index contributed by atoms with van der Waals surface area (Å²) in [5, 5.41) is 3.37. The van der Waals surface area contributed by atoms with Crippen molar-refractivity contribution in [3.8, 4) is 0 Å². The summed E-state index contributed by atoms with van der Waals surface area (Å²) in [6.07, 6.45) is -0.845. The first-order valence-electron chi connectivity index (χ1n) is 6.75. The molecule has 1 heterocycles. The van der Waals surface area contributed by atoms with Gasteiger partial charge in [-0.25, -0.2) is 4.79 Å². The van der Waals surface area contributed by atoms with Crippen molar-refractivity contribution in [2.45, 2.75) is 26.5 Å². The Bertz CT molecular complexity index is 666. The summed E-state index contributed by atoms with van der Waals surface area (Å²) in [7, 11) is 0. The quantitative estimate of drug-likeness (QED) is 0.848. The fraction of sp³-hybridized carbons (Fsp3) is 0.250. The van der Waals surface area contributed by atoms with Gasteiger partial charge in [-0.15, -0.1) is 11.3 Å². The molecule has 1 amide bonds. The molecule has 0 saturated carbocycles. The van der Waals surface area contributed by atoms with Crippen LogP contribution in [0.1, 0.15) is 27.0 Å². The highest BCUT2D eigenvalue weighted by Crippen LogP contribution is 2.16. The molecule has 0 saturated heterocycles. The lowest BCUT2D eigenvalue weighted by Crippen LogP contribution is -2.35. The largest absolute Gasteiger partial charge is 0.448 e. The second-order valence-electron chi connectivity index (χ2n) is 4.80. The highest BCUT2D eigenvalue weighted by Gasteiger charge is 2.19.